The number of aromatic nitrogens is 3. The van der Waals surface area contributed by atoms with Gasteiger partial charge in [0.2, 0.25) is 5.95 Å². The van der Waals surface area contributed by atoms with E-state index in [4.69, 9.17) is 9.47 Å². The molecule has 1 aliphatic heterocycles. The molecule has 1 atom stereocenters. The van der Waals surface area contributed by atoms with E-state index in [0.29, 0.717) is 24.0 Å². The van der Waals surface area contributed by atoms with Crippen LogP contribution in [-0.2, 0) is 20.2 Å². The summed E-state index contributed by atoms with van der Waals surface area (Å²) in [6, 6.07) is 2.88. The molecule has 0 saturated carbocycles. The number of likely N-dealkylation sites (tertiary alicyclic amines) is 1. The predicted octanol–water partition coefficient (Wildman–Crippen LogP) is 6.64. The number of nitrogens with zero attached hydrogens (tertiary/aromatic N) is 3. The van der Waals surface area contributed by atoms with Gasteiger partial charge in [-0.2, -0.15) is 13.2 Å². The van der Waals surface area contributed by atoms with E-state index in [0.717, 1.165) is 57.8 Å². The summed E-state index contributed by atoms with van der Waals surface area (Å²) in [5.41, 5.74) is -1.31. The number of alkyl carbamates (subject to hydrolysis) is 1. The number of nitrogens with one attached hydrogen (secondary N) is 3. The second kappa shape index (κ2) is 15.3. The maximum absolute atomic E-state index is 14.2. The van der Waals surface area contributed by atoms with Crippen LogP contribution in [0.25, 0.3) is 22.2 Å². The molecule has 0 bridgehead atoms. The Morgan fingerprint density at radius 1 is 1.12 bits per heavy atom. The SMILES string of the molecule is COC(=O)c1ccc2c(-c3nc(N[C@H]4CCCN(CCCCCCNC(=O)OC(C)(C)C)C4)ncc3C(F)(F)F)c[nH]c2c1P(C)(C)=O. The maximum Gasteiger partial charge on any atom is 0.419 e. The van der Waals surface area contributed by atoms with Crippen LogP contribution >= 0.6 is 7.14 Å². The second-order valence-corrected chi connectivity index (χ2v) is 16.7. The number of hydrogen-bond acceptors (Lipinski definition) is 9. The zero-order chi connectivity index (χ0) is 35.3. The fraction of sp³-hybridized carbons (Fsp3) is 0.576. The molecule has 1 amide bonds. The first kappa shape index (κ1) is 37.2. The summed E-state index contributed by atoms with van der Waals surface area (Å²) < 4.78 is 66.1. The first-order chi connectivity index (χ1) is 22.5. The van der Waals surface area contributed by atoms with E-state index < -0.39 is 36.5 Å². The fourth-order valence-corrected chi connectivity index (χ4v) is 7.42. The molecule has 0 radical (unpaired) electrons. The molecule has 15 heteroatoms. The molecule has 1 saturated heterocycles. The van der Waals surface area contributed by atoms with Crippen LogP contribution in [0.15, 0.2) is 24.5 Å². The molecule has 1 aromatic carbocycles. The number of fused-ring (bicyclic) bond motifs is 1. The number of anilines is 1. The lowest BCUT2D eigenvalue weighted by Gasteiger charge is -2.33. The van der Waals surface area contributed by atoms with Gasteiger partial charge in [0.05, 0.1) is 23.9 Å². The first-order valence-electron chi connectivity index (χ1n) is 16.2. The van der Waals surface area contributed by atoms with Gasteiger partial charge in [0.1, 0.15) is 18.3 Å². The number of halogens is 3. The van der Waals surface area contributed by atoms with Crippen molar-refractivity contribution in [2.45, 2.75) is 77.1 Å². The minimum Gasteiger partial charge on any atom is -0.465 e. The molecule has 48 heavy (non-hydrogen) atoms. The molecule has 0 unspecified atom stereocenters. The van der Waals surface area contributed by atoms with Crippen molar-refractivity contribution in [1.82, 2.24) is 25.2 Å². The summed E-state index contributed by atoms with van der Waals surface area (Å²) in [5.74, 6) is -0.606. The number of carbonyl (C=O) groups excluding carboxylic acids is 2. The van der Waals surface area contributed by atoms with Crippen LogP contribution in [0.4, 0.5) is 23.9 Å². The zero-order valence-corrected chi connectivity index (χ0v) is 29.3. The van der Waals surface area contributed by atoms with Gasteiger partial charge >= 0.3 is 18.2 Å². The summed E-state index contributed by atoms with van der Waals surface area (Å²) in [6.07, 6.45) is 2.61. The number of alkyl halides is 3. The number of H-pyrrole nitrogens is 1. The van der Waals surface area contributed by atoms with Crippen LogP contribution < -0.4 is 15.9 Å². The largest absolute Gasteiger partial charge is 0.465 e. The van der Waals surface area contributed by atoms with Crippen molar-refractivity contribution in [3.05, 3.63) is 35.7 Å². The molecule has 1 aliphatic rings. The predicted molar refractivity (Wildman–Crippen MR) is 181 cm³/mol. The number of ether oxygens (including phenoxy) is 2. The summed E-state index contributed by atoms with van der Waals surface area (Å²) >= 11 is 0. The minimum atomic E-state index is -4.73. The van der Waals surface area contributed by atoms with Gasteiger partial charge < -0.3 is 34.6 Å². The molecule has 264 valence electrons. The lowest BCUT2D eigenvalue weighted by molar-refractivity contribution is -0.137. The highest BCUT2D eigenvalue weighted by atomic mass is 31.2. The van der Waals surface area contributed by atoms with Gasteiger partial charge in [-0.3, -0.25) is 0 Å². The van der Waals surface area contributed by atoms with E-state index in [9.17, 15) is 27.3 Å². The highest BCUT2D eigenvalue weighted by Gasteiger charge is 2.37. The van der Waals surface area contributed by atoms with Crippen LogP contribution in [0.2, 0.25) is 0 Å². The average molecular weight is 695 g/mol. The molecule has 4 rings (SSSR count). The topological polar surface area (TPSA) is 139 Å². The molecule has 3 N–H and O–H groups in total. The summed E-state index contributed by atoms with van der Waals surface area (Å²) in [5, 5.41) is 6.58. The third kappa shape index (κ3) is 9.72. The minimum absolute atomic E-state index is 0.0513. The number of esters is 1. The molecule has 3 aromatic rings. The average Bonchev–Trinajstić information content (AvgIpc) is 3.42. The lowest BCUT2D eigenvalue weighted by Crippen LogP contribution is -2.42. The van der Waals surface area contributed by atoms with E-state index >= 15 is 0 Å². The van der Waals surface area contributed by atoms with Gasteiger partial charge in [-0.15, -0.1) is 0 Å². The van der Waals surface area contributed by atoms with Gasteiger partial charge in [0, 0.05) is 47.8 Å². The Kier molecular flexibility index (Phi) is 11.8. The van der Waals surface area contributed by atoms with Gasteiger partial charge in [0.25, 0.3) is 0 Å². The summed E-state index contributed by atoms with van der Waals surface area (Å²) in [7, 11) is -1.87. The molecule has 0 aliphatic carbocycles. The lowest BCUT2D eigenvalue weighted by atomic mass is 10.0. The van der Waals surface area contributed by atoms with Crippen molar-refractivity contribution in [1.29, 1.82) is 0 Å². The van der Waals surface area contributed by atoms with E-state index in [1.165, 1.54) is 38.8 Å². The number of methoxy groups -OCH3 is 1. The van der Waals surface area contributed by atoms with Crippen molar-refractivity contribution in [3.63, 3.8) is 0 Å². The maximum atomic E-state index is 14.2. The van der Waals surface area contributed by atoms with E-state index in [2.05, 4.69) is 30.5 Å². The van der Waals surface area contributed by atoms with Gasteiger partial charge in [-0.25, -0.2) is 19.6 Å². The Bertz CT molecular complexity index is 1650. The Morgan fingerprint density at radius 3 is 2.52 bits per heavy atom. The number of benzene rings is 1. The van der Waals surface area contributed by atoms with Gasteiger partial charge in [-0.05, 0) is 78.9 Å². The van der Waals surface area contributed by atoms with Gasteiger partial charge in [-0.1, -0.05) is 18.9 Å². The number of unbranched alkanes of at least 4 members (excludes halogenated alkanes) is 3. The molecule has 1 fully saturated rings. The van der Waals surface area contributed by atoms with Crippen LogP contribution in [0, 0.1) is 0 Å². The third-order valence-electron chi connectivity index (χ3n) is 8.03. The number of amides is 1. The van der Waals surface area contributed by atoms with Crippen molar-refractivity contribution in [3.8, 4) is 11.3 Å². The Balaban J connectivity index is 1.44. The first-order valence-corrected chi connectivity index (χ1v) is 18.8. The Hall–Kier alpha value is -3.64. The second-order valence-electron chi connectivity index (χ2n) is 13.5. The normalized spacial score (nSPS) is 16.1. The molecule has 2 aromatic heterocycles. The van der Waals surface area contributed by atoms with Crippen LogP contribution in [0.3, 0.4) is 0 Å². The quantitative estimate of drug-likeness (QED) is 0.108. The number of piperidine rings is 1. The highest BCUT2D eigenvalue weighted by molar-refractivity contribution is 7.70. The fourth-order valence-electron chi connectivity index (χ4n) is 5.96. The number of hydrogen-bond donors (Lipinski definition) is 3. The molecule has 11 nitrogen and oxygen atoms in total. The summed E-state index contributed by atoms with van der Waals surface area (Å²) in [4.78, 5) is 37.9. The van der Waals surface area contributed by atoms with E-state index in [1.807, 2.05) is 20.8 Å². The smallest absolute Gasteiger partial charge is 0.419 e. The van der Waals surface area contributed by atoms with Crippen LogP contribution in [0.1, 0.15) is 75.2 Å². The Labute approximate surface area is 279 Å². The Morgan fingerprint density at radius 2 is 1.85 bits per heavy atom. The monoisotopic (exact) mass is 694 g/mol. The van der Waals surface area contributed by atoms with Crippen LogP contribution in [-0.4, -0.2) is 90.2 Å². The standard InChI is InChI=1S/C33H46F3N6O5P/c1-32(2,3)47-31(44)37-15-9-7-8-10-16-42-17-11-12-21(20-42)40-30-39-19-25(33(34,35)36)26(41-30)24-18-38-27-22(24)13-14-23(29(43)46-4)28(27)48(5,6)45/h13-14,18-19,21,38H,7-12,15-17,20H2,1-6H3,(H,37,44)(H,39,40,41)/t21-/m0/s1. The third-order valence-corrected chi connectivity index (χ3v) is 9.57. The molecular weight excluding hydrogens is 648 g/mol. The van der Waals surface area contributed by atoms with Crippen molar-refractivity contribution >= 4 is 41.4 Å². The van der Waals surface area contributed by atoms with Crippen molar-refractivity contribution in [2.24, 2.45) is 0 Å². The number of rotatable bonds is 12. The molecular formula is C33H46F3N6O5P. The van der Waals surface area contributed by atoms with Gasteiger partial charge in [0.15, 0.2) is 0 Å². The molecule has 3 heterocycles. The number of carbonyl (C=O) groups is 2. The molecule has 0 spiro atoms. The zero-order valence-electron chi connectivity index (χ0n) is 28.4. The van der Waals surface area contributed by atoms with Crippen LogP contribution in [0.5, 0.6) is 0 Å². The van der Waals surface area contributed by atoms with Crippen molar-refractivity contribution in [2.75, 3.05) is 51.9 Å². The van der Waals surface area contributed by atoms with E-state index in [1.54, 1.807) is 0 Å². The highest BCUT2D eigenvalue weighted by Crippen LogP contribution is 2.43. The van der Waals surface area contributed by atoms with E-state index in [-0.39, 0.29) is 34.1 Å². The summed E-state index contributed by atoms with van der Waals surface area (Å²) in [6.45, 7) is 11.5. The van der Waals surface area contributed by atoms with Crippen molar-refractivity contribution < 1.29 is 36.8 Å². The number of aromatic amines is 1.